The number of methoxy groups -OCH3 is 1. The van der Waals surface area contributed by atoms with E-state index in [2.05, 4.69) is 17.0 Å². The molecular weight excluding hydrogens is 322 g/mol. The SMILES string of the molecule is COc1ccc([C@@H]2CCCN2C(=O)CSC[C@@H]2CCCCO2)cc1. The van der Waals surface area contributed by atoms with Crippen molar-refractivity contribution in [1.82, 2.24) is 4.90 Å². The molecule has 24 heavy (non-hydrogen) atoms. The maximum atomic E-state index is 12.6. The molecule has 132 valence electrons. The van der Waals surface area contributed by atoms with Gasteiger partial charge >= 0.3 is 0 Å². The van der Waals surface area contributed by atoms with Crippen LogP contribution in [-0.2, 0) is 9.53 Å². The molecule has 0 bridgehead atoms. The Hall–Kier alpha value is -1.20. The zero-order valence-electron chi connectivity index (χ0n) is 14.4. The van der Waals surface area contributed by atoms with Crippen molar-refractivity contribution >= 4 is 17.7 Å². The number of rotatable bonds is 6. The lowest BCUT2D eigenvalue weighted by Crippen LogP contribution is -2.32. The average Bonchev–Trinajstić information content (AvgIpc) is 3.12. The first-order valence-electron chi connectivity index (χ1n) is 8.90. The van der Waals surface area contributed by atoms with Gasteiger partial charge in [0.2, 0.25) is 5.91 Å². The maximum Gasteiger partial charge on any atom is 0.233 e. The monoisotopic (exact) mass is 349 g/mol. The van der Waals surface area contributed by atoms with Gasteiger partial charge < -0.3 is 14.4 Å². The number of hydrogen-bond donors (Lipinski definition) is 0. The van der Waals surface area contributed by atoms with Gasteiger partial charge in [0.05, 0.1) is 25.0 Å². The number of benzene rings is 1. The van der Waals surface area contributed by atoms with E-state index in [1.165, 1.54) is 18.4 Å². The smallest absolute Gasteiger partial charge is 0.233 e. The fourth-order valence-corrected chi connectivity index (χ4v) is 4.52. The van der Waals surface area contributed by atoms with E-state index in [0.717, 1.165) is 43.9 Å². The predicted molar refractivity (Wildman–Crippen MR) is 97.6 cm³/mol. The molecule has 0 unspecified atom stereocenters. The molecule has 1 amide bonds. The van der Waals surface area contributed by atoms with E-state index in [9.17, 15) is 4.79 Å². The first kappa shape index (κ1) is 17.6. The number of likely N-dealkylation sites (tertiary alicyclic amines) is 1. The molecule has 1 aromatic rings. The fraction of sp³-hybridized carbons (Fsp3) is 0.632. The topological polar surface area (TPSA) is 38.8 Å². The van der Waals surface area contributed by atoms with Gasteiger partial charge in [0.15, 0.2) is 0 Å². The van der Waals surface area contributed by atoms with Gasteiger partial charge in [0.1, 0.15) is 5.75 Å². The van der Waals surface area contributed by atoms with Crippen LogP contribution in [0.15, 0.2) is 24.3 Å². The minimum atomic E-state index is 0.218. The Balaban J connectivity index is 1.51. The second-order valence-corrected chi connectivity index (χ2v) is 7.55. The molecule has 0 aromatic heterocycles. The lowest BCUT2D eigenvalue weighted by Gasteiger charge is -2.26. The Morgan fingerprint density at radius 1 is 1.25 bits per heavy atom. The predicted octanol–water partition coefficient (Wildman–Crippen LogP) is 3.66. The highest BCUT2D eigenvalue weighted by Gasteiger charge is 2.29. The third kappa shape index (κ3) is 4.45. The Morgan fingerprint density at radius 2 is 2.08 bits per heavy atom. The van der Waals surface area contributed by atoms with Crippen LogP contribution in [0.2, 0.25) is 0 Å². The third-order valence-corrected chi connectivity index (χ3v) is 5.94. The van der Waals surface area contributed by atoms with Gasteiger partial charge in [-0.05, 0) is 49.8 Å². The zero-order valence-corrected chi connectivity index (χ0v) is 15.2. The molecule has 0 radical (unpaired) electrons. The molecule has 2 aliphatic heterocycles. The number of hydrogen-bond acceptors (Lipinski definition) is 4. The summed E-state index contributed by atoms with van der Waals surface area (Å²) < 4.78 is 11.0. The number of nitrogens with zero attached hydrogens (tertiary/aromatic N) is 1. The van der Waals surface area contributed by atoms with Crippen molar-refractivity contribution in [2.45, 2.75) is 44.2 Å². The Morgan fingerprint density at radius 3 is 2.79 bits per heavy atom. The van der Waals surface area contributed by atoms with Crippen LogP contribution >= 0.6 is 11.8 Å². The summed E-state index contributed by atoms with van der Waals surface area (Å²) in [6.07, 6.45) is 6.04. The molecule has 0 N–H and O–H groups in total. The zero-order chi connectivity index (χ0) is 16.8. The van der Waals surface area contributed by atoms with Crippen molar-refractivity contribution in [2.24, 2.45) is 0 Å². The Bertz CT molecular complexity index is 528. The molecule has 2 atom stereocenters. The molecule has 0 aliphatic carbocycles. The summed E-state index contributed by atoms with van der Waals surface area (Å²) in [5, 5.41) is 0. The van der Waals surface area contributed by atoms with Gasteiger partial charge in [-0.1, -0.05) is 12.1 Å². The molecule has 3 rings (SSSR count). The molecule has 1 aromatic carbocycles. The van der Waals surface area contributed by atoms with Crippen LogP contribution in [0.25, 0.3) is 0 Å². The number of carbonyl (C=O) groups is 1. The van der Waals surface area contributed by atoms with Crippen LogP contribution in [-0.4, -0.2) is 48.7 Å². The van der Waals surface area contributed by atoms with Crippen molar-refractivity contribution in [3.63, 3.8) is 0 Å². The molecule has 2 saturated heterocycles. The van der Waals surface area contributed by atoms with Crippen LogP contribution in [0.5, 0.6) is 5.75 Å². The largest absolute Gasteiger partial charge is 0.497 e. The number of thioether (sulfide) groups is 1. The van der Waals surface area contributed by atoms with E-state index in [4.69, 9.17) is 9.47 Å². The highest BCUT2D eigenvalue weighted by molar-refractivity contribution is 7.99. The minimum absolute atomic E-state index is 0.218. The van der Waals surface area contributed by atoms with Crippen LogP contribution in [0, 0.1) is 0 Å². The molecule has 2 fully saturated rings. The van der Waals surface area contributed by atoms with Crippen molar-refractivity contribution < 1.29 is 14.3 Å². The molecule has 2 heterocycles. The van der Waals surface area contributed by atoms with Gasteiger partial charge in [-0.3, -0.25) is 4.79 Å². The minimum Gasteiger partial charge on any atom is -0.497 e. The summed E-state index contributed by atoms with van der Waals surface area (Å²) in [6, 6.07) is 8.34. The summed E-state index contributed by atoms with van der Waals surface area (Å²) >= 11 is 1.72. The average molecular weight is 349 g/mol. The van der Waals surface area contributed by atoms with E-state index < -0.39 is 0 Å². The van der Waals surface area contributed by atoms with Crippen LogP contribution in [0.4, 0.5) is 0 Å². The molecular formula is C19H27NO3S. The van der Waals surface area contributed by atoms with E-state index in [1.54, 1.807) is 18.9 Å². The summed E-state index contributed by atoms with van der Waals surface area (Å²) in [5.74, 6) is 2.62. The maximum absolute atomic E-state index is 12.6. The standard InChI is InChI=1S/C19H27NO3S/c1-22-16-9-7-15(8-10-16)18-6-4-11-20(18)19(21)14-24-13-17-5-2-3-12-23-17/h7-10,17-18H,2-6,11-14H2,1H3/t17-,18-/m0/s1. The van der Waals surface area contributed by atoms with Crippen LogP contribution in [0.1, 0.15) is 43.7 Å². The summed E-state index contributed by atoms with van der Waals surface area (Å²) in [6.45, 7) is 1.75. The lowest BCUT2D eigenvalue weighted by molar-refractivity contribution is -0.129. The van der Waals surface area contributed by atoms with Gasteiger partial charge in [-0.15, -0.1) is 11.8 Å². The number of ether oxygens (including phenoxy) is 2. The van der Waals surface area contributed by atoms with Gasteiger partial charge in [0.25, 0.3) is 0 Å². The second-order valence-electron chi connectivity index (χ2n) is 6.52. The van der Waals surface area contributed by atoms with Gasteiger partial charge in [-0.25, -0.2) is 0 Å². The van der Waals surface area contributed by atoms with Crippen molar-refractivity contribution in [2.75, 3.05) is 31.8 Å². The first-order chi connectivity index (χ1) is 11.8. The van der Waals surface area contributed by atoms with E-state index in [-0.39, 0.29) is 11.9 Å². The van der Waals surface area contributed by atoms with Crippen molar-refractivity contribution in [1.29, 1.82) is 0 Å². The van der Waals surface area contributed by atoms with Crippen LogP contribution in [0.3, 0.4) is 0 Å². The molecule has 2 aliphatic rings. The lowest BCUT2D eigenvalue weighted by atomic mass is 10.0. The summed E-state index contributed by atoms with van der Waals surface area (Å²) in [5.41, 5.74) is 1.21. The van der Waals surface area contributed by atoms with Gasteiger partial charge in [-0.2, -0.15) is 0 Å². The molecule has 0 saturated carbocycles. The van der Waals surface area contributed by atoms with E-state index >= 15 is 0 Å². The van der Waals surface area contributed by atoms with Crippen molar-refractivity contribution in [3.05, 3.63) is 29.8 Å². The van der Waals surface area contributed by atoms with E-state index in [0.29, 0.717) is 11.9 Å². The van der Waals surface area contributed by atoms with Crippen molar-refractivity contribution in [3.8, 4) is 5.75 Å². The second kappa shape index (κ2) is 8.77. The van der Waals surface area contributed by atoms with E-state index in [1.807, 2.05) is 12.1 Å². The molecule has 0 spiro atoms. The first-order valence-corrected chi connectivity index (χ1v) is 10.1. The fourth-order valence-electron chi connectivity index (χ4n) is 3.54. The molecule has 4 nitrogen and oxygen atoms in total. The highest BCUT2D eigenvalue weighted by Crippen LogP contribution is 2.33. The Labute approximate surface area is 148 Å². The number of amides is 1. The summed E-state index contributed by atoms with van der Waals surface area (Å²) in [7, 11) is 1.67. The quantitative estimate of drug-likeness (QED) is 0.786. The van der Waals surface area contributed by atoms with Crippen LogP contribution < -0.4 is 4.74 Å². The molecule has 5 heteroatoms. The number of carbonyl (C=O) groups excluding carboxylic acids is 1. The Kier molecular flexibility index (Phi) is 6.44. The normalized spacial score (nSPS) is 24.1. The van der Waals surface area contributed by atoms with Gasteiger partial charge in [0, 0.05) is 18.9 Å². The highest BCUT2D eigenvalue weighted by atomic mass is 32.2. The third-order valence-electron chi connectivity index (χ3n) is 4.88. The summed E-state index contributed by atoms with van der Waals surface area (Å²) in [4.78, 5) is 14.7.